The van der Waals surface area contributed by atoms with Crippen molar-refractivity contribution in [3.05, 3.63) is 11.9 Å². The zero-order valence-electron chi connectivity index (χ0n) is 11.9. The summed E-state index contributed by atoms with van der Waals surface area (Å²) in [6.45, 7) is 0.744. The molecule has 1 aliphatic rings. The van der Waals surface area contributed by atoms with E-state index in [0.29, 0.717) is 25.9 Å². The molecular weight excluding hydrogens is 278 g/mol. The van der Waals surface area contributed by atoms with Crippen molar-refractivity contribution in [1.82, 2.24) is 14.9 Å². The molecule has 0 saturated carbocycles. The van der Waals surface area contributed by atoms with E-state index in [9.17, 15) is 9.59 Å². The SMILES string of the molecule is COc1ncnc(OC)c1C(=O)N1CCC(C(=O)O)CC1. The third kappa shape index (κ3) is 3.04. The van der Waals surface area contributed by atoms with Crippen molar-refractivity contribution >= 4 is 11.9 Å². The number of likely N-dealkylation sites (tertiary alicyclic amines) is 1. The van der Waals surface area contributed by atoms with Crippen molar-refractivity contribution in [3.8, 4) is 11.8 Å². The molecule has 0 atom stereocenters. The number of hydrogen-bond acceptors (Lipinski definition) is 6. The Morgan fingerprint density at radius 1 is 1.19 bits per heavy atom. The van der Waals surface area contributed by atoms with Crippen molar-refractivity contribution in [2.75, 3.05) is 27.3 Å². The smallest absolute Gasteiger partial charge is 0.306 e. The van der Waals surface area contributed by atoms with Gasteiger partial charge in [-0.3, -0.25) is 9.59 Å². The first-order chi connectivity index (χ1) is 10.1. The van der Waals surface area contributed by atoms with Crippen LogP contribution in [0.3, 0.4) is 0 Å². The second kappa shape index (κ2) is 6.38. The molecule has 0 aliphatic carbocycles. The second-order valence-corrected chi connectivity index (χ2v) is 4.67. The molecule has 2 rings (SSSR count). The van der Waals surface area contributed by atoms with Crippen LogP contribution in [0.15, 0.2) is 6.33 Å². The van der Waals surface area contributed by atoms with Crippen LogP contribution in [-0.4, -0.2) is 59.2 Å². The summed E-state index contributed by atoms with van der Waals surface area (Å²) in [6, 6.07) is 0. The molecule has 1 fully saturated rings. The van der Waals surface area contributed by atoms with E-state index in [-0.39, 0.29) is 23.2 Å². The first-order valence-electron chi connectivity index (χ1n) is 6.53. The molecule has 1 amide bonds. The maximum Gasteiger partial charge on any atom is 0.306 e. The maximum absolute atomic E-state index is 12.6. The van der Waals surface area contributed by atoms with Gasteiger partial charge in [-0.05, 0) is 12.8 Å². The Hall–Kier alpha value is -2.38. The number of aromatic nitrogens is 2. The van der Waals surface area contributed by atoms with Gasteiger partial charge in [0, 0.05) is 13.1 Å². The normalized spacial score (nSPS) is 15.6. The molecule has 114 valence electrons. The van der Waals surface area contributed by atoms with Crippen LogP contribution < -0.4 is 9.47 Å². The fourth-order valence-electron chi connectivity index (χ4n) is 2.33. The Labute approximate surface area is 121 Å². The molecule has 1 N–H and O–H groups in total. The van der Waals surface area contributed by atoms with Gasteiger partial charge in [0.2, 0.25) is 11.8 Å². The molecule has 0 unspecified atom stereocenters. The number of rotatable bonds is 4. The Balaban J connectivity index is 2.19. The minimum atomic E-state index is -0.819. The summed E-state index contributed by atoms with van der Waals surface area (Å²) in [5.41, 5.74) is 0.163. The number of methoxy groups -OCH3 is 2. The van der Waals surface area contributed by atoms with Crippen LogP contribution in [0.25, 0.3) is 0 Å². The minimum absolute atomic E-state index is 0.146. The lowest BCUT2D eigenvalue weighted by Crippen LogP contribution is -2.40. The van der Waals surface area contributed by atoms with Crippen LogP contribution >= 0.6 is 0 Å². The highest BCUT2D eigenvalue weighted by molar-refractivity contribution is 5.98. The van der Waals surface area contributed by atoms with Crippen LogP contribution in [0.2, 0.25) is 0 Å². The zero-order chi connectivity index (χ0) is 15.4. The largest absolute Gasteiger partial charge is 0.481 e. The lowest BCUT2D eigenvalue weighted by molar-refractivity contribution is -0.143. The second-order valence-electron chi connectivity index (χ2n) is 4.67. The summed E-state index contributed by atoms with van der Waals surface area (Å²) in [7, 11) is 2.82. The number of hydrogen-bond donors (Lipinski definition) is 1. The van der Waals surface area contributed by atoms with Crippen LogP contribution in [0.5, 0.6) is 11.8 Å². The molecule has 8 heteroatoms. The van der Waals surface area contributed by atoms with Crippen molar-refractivity contribution in [2.24, 2.45) is 5.92 Å². The molecule has 1 aromatic rings. The summed E-state index contributed by atoms with van der Waals surface area (Å²) in [5, 5.41) is 8.98. The lowest BCUT2D eigenvalue weighted by atomic mass is 9.97. The molecule has 1 saturated heterocycles. The topological polar surface area (TPSA) is 102 Å². The van der Waals surface area contributed by atoms with Gasteiger partial charge < -0.3 is 19.5 Å². The molecule has 21 heavy (non-hydrogen) atoms. The van der Waals surface area contributed by atoms with Crippen molar-refractivity contribution in [3.63, 3.8) is 0 Å². The first kappa shape index (κ1) is 15.0. The number of piperidine rings is 1. The van der Waals surface area contributed by atoms with E-state index in [4.69, 9.17) is 14.6 Å². The first-order valence-corrected chi connectivity index (χ1v) is 6.53. The average Bonchev–Trinajstić information content (AvgIpc) is 2.53. The van der Waals surface area contributed by atoms with Gasteiger partial charge in [0.05, 0.1) is 20.1 Å². The fourth-order valence-corrected chi connectivity index (χ4v) is 2.33. The van der Waals surface area contributed by atoms with Gasteiger partial charge in [0.1, 0.15) is 6.33 Å². The minimum Gasteiger partial charge on any atom is -0.481 e. The maximum atomic E-state index is 12.6. The van der Waals surface area contributed by atoms with Crippen LogP contribution in [0.4, 0.5) is 0 Å². The molecule has 0 spiro atoms. The van der Waals surface area contributed by atoms with E-state index < -0.39 is 11.9 Å². The number of amides is 1. The van der Waals surface area contributed by atoms with Gasteiger partial charge in [-0.15, -0.1) is 0 Å². The Kier molecular flexibility index (Phi) is 4.56. The molecule has 1 aromatic heterocycles. The van der Waals surface area contributed by atoms with E-state index in [1.807, 2.05) is 0 Å². The Morgan fingerprint density at radius 3 is 2.14 bits per heavy atom. The number of nitrogens with zero attached hydrogens (tertiary/aromatic N) is 3. The van der Waals surface area contributed by atoms with Crippen molar-refractivity contribution in [2.45, 2.75) is 12.8 Å². The molecule has 1 aliphatic heterocycles. The van der Waals surface area contributed by atoms with Gasteiger partial charge in [-0.1, -0.05) is 0 Å². The van der Waals surface area contributed by atoms with E-state index in [2.05, 4.69) is 9.97 Å². The number of carbonyl (C=O) groups excluding carboxylic acids is 1. The molecule has 8 nitrogen and oxygen atoms in total. The van der Waals surface area contributed by atoms with Crippen LogP contribution in [0.1, 0.15) is 23.2 Å². The monoisotopic (exact) mass is 295 g/mol. The van der Waals surface area contributed by atoms with E-state index in [1.54, 1.807) is 4.90 Å². The van der Waals surface area contributed by atoms with E-state index in [0.717, 1.165) is 0 Å². The number of carboxylic acid groups (broad SMARTS) is 1. The predicted octanol–water partition coefficient (Wildman–Crippen LogP) is 0.431. The summed E-state index contributed by atoms with van der Waals surface area (Å²) in [4.78, 5) is 32.9. The summed E-state index contributed by atoms with van der Waals surface area (Å²) >= 11 is 0. The molecule has 2 heterocycles. The van der Waals surface area contributed by atoms with Gasteiger partial charge in [0.15, 0.2) is 5.56 Å². The predicted molar refractivity (Wildman–Crippen MR) is 71.4 cm³/mol. The van der Waals surface area contributed by atoms with Gasteiger partial charge in [-0.25, -0.2) is 9.97 Å². The quantitative estimate of drug-likeness (QED) is 0.859. The van der Waals surface area contributed by atoms with Crippen LogP contribution in [0, 0.1) is 5.92 Å². The Morgan fingerprint density at radius 2 is 1.71 bits per heavy atom. The summed E-state index contributed by atoms with van der Waals surface area (Å²) in [6.07, 6.45) is 2.11. The highest BCUT2D eigenvalue weighted by atomic mass is 16.5. The van der Waals surface area contributed by atoms with Crippen molar-refractivity contribution in [1.29, 1.82) is 0 Å². The number of carboxylic acids is 1. The number of aliphatic carboxylic acids is 1. The molecular formula is C13H17N3O5. The number of carbonyl (C=O) groups is 2. The Bertz CT molecular complexity index is 518. The van der Waals surface area contributed by atoms with Crippen LogP contribution in [-0.2, 0) is 4.79 Å². The van der Waals surface area contributed by atoms with Gasteiger partial charge in [0.25, 0.3) is 5.91 Å². The number of ether oxygens (including phenoxy) is 2. The third-order valence-electron chi connectivity index (χ3n) is 3.51. The van der Waals surface area contributed by atoms with Gasteiger partial charge in [-0.2, -0.15) is 0 Å². The lowest BCUT2D eigenvalue weighted by Gasteiger charge is -2.30. The summed E-state index contributed by atoms with van der Waals surface area (Å²) in [5.74, 6) is -1.24. The summed E-state index contributed by atoms with van der Waals surface area (Å²) < 4.78 is 10.2. The third-order valence-corrected chi connectivity index (χ3v) is 3.51. The zero-order valence-corrected chi connectivity index (χ0v) is 11.9. The fraction of sp³-hybridized carbons (Fsp3) is 0.538. The van der Waals surface area contributed by atoms with E-state index in [1.165, 1.54) is 20.5 Å². The standard InChI is InChI=1S/C13H17N3O5/c1-20-10-9(11(21-2)15-7-14-10)12(17)16-5-3-8(4-6-16)13(18)19/h7-8H,3-6H2,1-2H3,(H,18,19). The highest BCUT2D eigenvalue weighted by Crippen LogP contribution is 2.27. The molecule has 0 radical (unpaired) electrons. The molecule has 0 aromatic carbocycles. The van der Waals surface area contributed by atoms with Crippen molar-refractivity contribution < 1.29 is 24.2 Å². The highest BCUT2D eigenvalue weighted by Gasteiger charge is 2.31. The van der Waals surface area contributed by atoms with Gasteiger partial charge >= 0.3 is 5.97 Å². The average molecular weight is 295 g/mol. The van der Waals surface area contributed by atoms with E-state index >= 15 is 0 Å². The molecule has 0 bridgehead atoms.